The molecule has 0 bridgehead atoms. The van der Waals surface area contributed by atoms with Gasteiger partial charge in [0.15, 0.2) is 11.3 Å². The highest BCUT2D eigenvalue weighted by Gasteiger charge is 2.27. The Morgan fingerprint density at radius 1 is 0.740 bits per heavy atom. The van der Waals surface area contributed by atoms with Crippen molar-refractivity contribution in [2.24, 2.45) is 0 Å². The Bertz CT molecular complexity index is 1820. The largest absolute Gasteiger partial charge is 0.462 e. The molecule has 4 aromatic rings. The van der Waals surface area contributed by atoms with Gasteiger partial charge in [-0.2, -0.15) is 10.2 Å². The van der Waals surface area contributed by atoms with Crippen LogP contribution in [-0.4, -0.2) is 103 Å². The van der Waals surface area contributed by atoms with Crippen LogP contribution >= 0.6 is 0 Å². The van der Waals surface area contributed by atoms with Crippen LogP contribution in [0.5, 0.6) is 0 Å². The lowest BCUT2D eigenvalue weighted by Crippen LogP contribution is -2.41. The predicted molar refractivity (Wildman–Crippen MR) is 187 cm³/mol. The highest BCUT2D eigenvalue weighted by molar-refractivity contribution is 6.05. The Kier molecular flexibility index (Phi) is 11.1. The van der Waals surface area contributed by atoms with Gasteiger partial charge in [-0.25, -0.2) is 28.9 Å². The number of esters is 2. The van der Waals surface area contributed by atoms with Crippen molar-refractivity contribution in [3.63, 3.8) is 0 Å². The number of piperidine rings is 1. The minimum atomic E-state index is -0.437. The van der Waals surface area contributed by atoms with Crippen molar-refractivity contribution in [1.29, 1.82) is 0 Å². The maximum Gasteiger partial charge on any atom is 0.341 e. The third kappa shape index (κ3) is 7.52. The molecule has 50 heavy (non-hydrogen) atoms. The summed E-state index contributed by atoms with van der Waals surface area (Å²) in [4.78, 5) is 48.4. The number of pyridine rings is 2. The van der Waals surface area contributed by atoms with Crippen molar-refractivity contribution in [1.82, 2.24) is 34.4 Å². The monoisotopic (exact) mass is 689 g/mol. The van der Waals surface area contributed by atoms with Gasteiger partial charge in [0.1, 0.15) is 11.1 Å². The minimum absolute atomic E-state index is 0.0756. The average Bonchev–Trinajstić information content (AvgIpc) is 3.74. The molecule has 1 aliphatic heterocycles. The van der Waals surface area contributed by atoms with Crippen LogP contribution in [0.2, 0.25) is 0 Å². The first-order valence-electron chi connectivity index (χ1n) is 17.7. The lowest BCUT2D eigenvalue weighted by Gasteiger charge is -2.32. The van der Waals surface area contributed by atoms with Gasteiger partial charge in [0.25, 0.3) is 0 Å². The smallest absolute Gasteiger partial charge is 0.341 e. The third-order valence-corrected chi connectivity index (χ3v) is 9.59. The summed E-state index contributed by atoms with van der Waals surface area (Å²) in [6, 6.07) is 0.253. The summed E-state index contributed by atoms with van der Waals surface area (Å²) in [6.07, 6.45) is 11.8. The van der Waals surface area contributed by atoms with E-state index >= 15 is 0 Å². The number of aromatic nitrogens is 6. The first-order chi connectivity index (χ1) is 24.3. The SMILES string of the molecule is CCOC(=O)c1cnc2c(cnn2CC)c1NC1CCC(OCCn2ncc3c(NC4CCN(C(C)=O)CC4)c(C(=O)OCC)cnc32)CC1. The van der Waals surface area contributed by atoms with Crippen LogP contribution in [0.25, 0.3) is 22.1 Å². The van der Waals surface area contributed by atoms with E-state index < -0.39 is 11.9 Å². The van der Waals surface area contributed by atoms with E-state index in [9.17, 15) is 14.4 Å². The van der Waals surface area contributed by atoms with Crippen molar-refractivity contribution in [3.8, 4) is 0 Å². The van der Waals surface area contributed by atoms with Crippen LogP contribution in [0, 0.1) is 0 Å². The summed E-state index contributed by atoms with van der Waals surface area (Å²) in [5.74, 6) is -0.763. The molecule has 2 N–H and O–H groups in total. The lowest BCUT2D eigenvalue weighted by molar-refractivity contribution is -0.129. The molecule has 1 aliphatic carbocycles. The molecule has 1 saturated carbocycles. The quantitative estimate of drug-likeness (QED) is 0.190. The Morgan fingerprint density at radius 2 is 1.26 bits per heavy atom. The van der Waals surface area contributed by atoms with E-state index in [-0.39, 0.29) is 37.3 Å². The maximum absolute atomic E-state index is 12.9. The zero-order valence-corrected chi connectivity index (χ0v) is 29.3. The van der Waals surface area contributed by atoms with Gasteiger partial charge in [-0.05, 0) is 59.3 Å². The molecule has 5 heterocycles. The fourth-order valence-corrected chi connectivity index (χ4v) is 6.91. The van der Waals surface area contributed by atoms with E-state index in [1.165, 1.54) is 0 Å². The van der Waals surface area contributed by atoms with E-state index in [0.29, 0.717) is 55.2 Å². The normalized spacial score (nSPS) is 18.4. The second-order valence-corrected chi connectivity index (χ2v) is 12.8. The van der Waals surface area contributed by atoms with Gasteiger partial charge in [-0.1, -0.05) is 0 Å². The topological polar surface area (TPSA) is 168 Å². The van der Waals surface area contributed by atoms with Crippen LogP contribution in [0.15, 0.2) is 24.8 Å². The number of amides is 1. The Morgan fingerprint density at radius 3 is 1.78 bits per heavy atom. The molecule has 15 heteroatoms. The number of carbonyl (C=O) groups is 3. The Balaban J connectivity index is 1.08. The van der Waals surface area contributed by atoms with Crippen molar-refractivity contribution < 1.29 is 28.6 Å². The maximum atomic E-state index is 12.9. The first kappa shape index (κ1) is 35.1. The first-order valence-corrected chi connectivity index (χ1v) is 17.7. The number of aryl methyl sites for hydroxylation is 1. The summed E-state index contributed by atoms with van der Waals surface area (Å²) in [6.45, 7) is 10.7. The van der Waals surface area contributed by atoms with Gasteiger partial charge in [0.2, 0.25) is 5.91 Å². The number of rotatable bonds is 13. The van der Waals surface area contributed by atoms with Crippen LogP contribution < -0.4 is 10.6 Å². The number of ether oxygens (including phenoxy) is 3. The molecule has 1 saturated heterocycles. The fraction of sp³-hybridized carbons (Fsp3) is 0.571. The highest BCUT2D eigenvalue weighted by Crippen LogP contribution is 2.32. The molecule has 4 aromatic heterocycles. The molecule has 6 rings (SSSR count). The summed E-state index contributed by atoms with van der Waals surface area (Å²) in [5, 5.41) is 17.8. The third-order valence-electron chi connectivity index (χ3n) is 9.59. The van der Waals surface area contributed by atoms with E-state index in [0.717, 1.165) is 60.6 Å². The van der Waals surface area contributed by atoms with Crippen molar-refractivity contribution in [2.75, 3.05) is 43.5 Å². The van der Waals surface area contributed by atoms with Crippen LogP contribution in [-0.2, 0) is 32.1 Å². The molecule has 0 aromatic carbocycles. The number of carbonyl (C=O) groups excluding carboxylic acids is 3. The molecule has 1 amide bonds. The van der Waals surface area contributed by atoms with E-state index in [1.54, 1.807) is 45.6 Å². The molecule has 15 nitrogen and oxygen atoms in total. The molecule has 2 fully saturated rings. The van der Waals surface area contributed by atoms with Crippen LogP contribution in [0.3, 0.4) is 0 Å². The van der Waals surface area contributed by atoms with E-state index in [2.05, 4.69) is 30.8 Å². The Hall–Kier alpha value is -4.79. The van der Waals surface area contributed by atoms with Crippen molar-refractivity contribution in [2.45, 2.75) is 97.5 Å². The van der Waals surface area contributed by atoms with Gasteiger partial charge >= 0.3 is 11.9 Å². The molecular formula is C35H47N9O6. The summed E-state index contributed by atoms with van der Waals surface area (Å²) in [7, 11) is 0. The molecule has 0 spiro atoms. The number of likely N-dealkylation sites (tertiary alicyclic amines) is 1. The van der Waals surface area contributed by atoms with Gasteiger partial charge < -0.3 is 29.7 Å². The molecule has 0 radical (unpaired) electrons. The zero-order chi connectivity index (χ0) is 35.2. The van der Waals surface area contributed by atoms with Gasteiger partial charge in [-0.15, -0.1) is 0 Å². The fourth-order valence-electron chi connectivity index (χ4n) is 6.91. The average molecular weight is 690 g/mol. The van der Waals surface area contributed by atoms with Gasteiger partial charge in [0.05, 0.1) is 67.0 Å². The zero-order valence-electron chi connectivity index (χ0n) is 29.3. The van der Waals surface area contributed by atoms with Crippen molar-refractivity contribution in [3.05, 3.63) is 35.9 Å². The standard InChI is InChI=1S/C35H47N9O6/c1-5-43-32-26(20-38-43)30(28(18-36-32)34(46)48-6-2)40-23-8-10-25(11-9-23)50-17-16-44-33-27(21-39-44)31(29(19-37-33)35(47)49-7-3)41-24-12-14-42(15-13-24)22(4)45/h18-21,23-25H,5-17H2,1-4H3,(H,36,40)(H,37,41). The highest BCUT2D eigenvalue weighted by atomic mass is 16.5. The van der Waals surface area contributed by atoms with Gasteiger partial charge in [-0.3, -0.25) is 4.79 Å². The molecule has 268 valence electrons. The summed E-state index contributed by atoms with van der Waals surface area (Å²) < 4.78 is 20.6. The minimum Gasteiger partial charge on any atom is -0.462 e. The number of anilines is 2. The van der Waals surface area contributed by atoms with E-state index in [4.69, 9.17) is 14.2 Å². The number of nitrogens with one attached hydrogen (secondary N) is 2. The number of hydrogen-bond acceptors (Lipinski definition) is 12. The van der Waals surface area contributed by atoms with Crippen molar-refractivity contribution >= 4 is 51.3 Å². The summed E-state index contributed by atoms with van der Waals surface area (Å²) >= 11 is 0. The molecule has 2 aliphatic rings. The number of nitrogens with zero attached hydrogens (tertiary/aromatic N) is 7. The summed E-state index contributed by atoms with van der Waals surface area (Å²) in [5.41, 5.74) is 3.56. The molecule has 0 atom stereocenters. The molecule has 0 unspecified atom stereocenters. The Labute approximate surface area is 291 Å². The number of fused-ring (bicyclic) bond motifs is 2. The van der Waals surface area contributed by atoms with E-state index in [1.807, 2.05) is 21.2 Å². The van der Waals surface area contributed by atoms with Crippen LogP contribution in [0.4, 0.5) is 11.4 Å². The molecular weight excluding hydrogens is 642 g/mol. The van der Waals surface area contributed by atoms with Crippen LogP contribution in [0.1, 0.15) is 86.9 Å². The number of hydrogen-bond donors (Lipinski definition) is 2. The second kappa shape index (κ2) is 15.8. The predicted octanol–water partition coefficient (Wildman–Crippen LogP) is 4.41. The second-order valence-electron chi connectivity index (χ2n) is 12.8. The van der Waals surface area contributed by atoms with Gasteiger partial charge in [0, 0.05) is 51.0 Å². The lowest BCUT2D eigenvalue weighted by atomic mass is 9.92.